The molecule has 1 aliphatic rings. The fraction of sp³-hybridized carbons (Fsp3) is 0.176. The third kappa shape index (κ3) is 2.29. The number of hydrogen-bond acceptors (Lipinski definition) is 2. The molecule has 3 rings (SSSR count). The molecule has 4 nitrogen and oxygen atoms in total. The second-order valence-corrected chi connectivity index (χ2v) is 5.27. The van der Waals surface area contributed by atoms with Gasteiger partial charge >= 0.3 is 0 Å². The van der Waals surface area contributed by atoms with Crippen LogP contribution in [0.3, 0.4) is 0 Å². The molecule has 1 saturated heterocycles. The third-order valence-electron chi connectivity index (χ3n) is 3.78. The van der Waals surface area contributed by atoms with Gasteiger partial charge in [-0.3, -0.25) is 9.59 Å². The van der Waals surface area contributed by atoms with Gasteiger partial charge in [-0.15, -0.1) is 0 Å². The van der Waals surface area contributed by atoms with Gasteiger partial charge in [-0.1, -0.05) is 48.5 Å². The fourth-order valence-electron chi connectivity index (χ4n) is 2.64. The van der Waals surface area contributed by atoms with Crippen LogP contribution in [0.1, 0.15) is 12.5 Å². The van der Waals surface area contributed by atoms with Gasteiger partial charge in [0.25, 0.3) is 5.91 Å². The first-order valence-electron chi connectivity index (χ1n) is 6.85. The largest absolute Gasteiger partial charge is 0.337 e. The van der Waals surface area contributed by atoms with Crippen LogP contribution in [0, 0.1) is 0 Å². The van der Waals surface area contributed by atoms with E-state index in [2.05, 4.69) is 5.32 Å². The lowest BCUT2D eigenvalue weighted by Crippen LogP contribution is -2.63. The Balaban J connectivity index is 2.03. The van der Waals surface area contributed by atoms with Gasteiger partial charge in [0, 0.05) is 5.69 Å². The Bertz CT molecular complexity index is 670. The molecule has 0 aliphatic carbocycles. The van der Waals surface area contributed by atoms with Gasteiger partial charge in [-0.05, 0) is 24.6 Å². The number of hydrogen-bond donors (Lipinski definition) is 1. The average molecular weight is 280 g/mol. The maximum atomic E-state index is 12.9. The van der Waals surface area contributed by atoms with Crippen molar-refractivity contribution in [2.24, 2.45) is 0 Å². The summed E-state index contributed by atoms with van der Waals surface area (Å²) in [6.07, 6.45) is 0. The molecule has 0 spiro atoms. The van der Waals surface area contributed by atoms with E-state index < -0.39 is 5.54 Å². The summed E-state index contributed by atoms with van der Waals surface area (Å²) in [5, 5.41) is 2.83. The molecule has 106 valence electrons. The highest BCUT2D eigenvalue weighted by atomic mass is 16.2. The molecule has 0 bridgehead atoms. The molecule has 1 atom stereocenters. The third-order valence-corrected chi connectivity index (χ3v) is 3.78. The molecular weight excluding hydrogens is 264 g/mol. The highest BCUT2D eigenvalue weighted by Gasteiger charge is 2.44. The molecular formula is C17H16N2O2. The van der Waals surface area contributed by atoms with E-state index in [0.29, 0.717) is 0 Å². The van der Waals surface area contributed by atoms with Crippen LogP contribution < -0.4 is 10.2 Å². The SMILES string of the molecule is CC1(c2ccccc2)NC(=O)CN(c2ccccc2)C1=O. The van der Waals surface area contributed by atoms with Crippen LogP contribution in [-0.2, 0) is 15.1 Å². The number of nitrogens with zero attached hydrogens (tertiary/aromatic N) is 1. The Morgan fingerprint density at radius 2 is 1.52 bits per heavy atom. The average Bonchev–Trinajstić information content (AvgIpc) is 2.52. The molecule has 1 unspecified atom stereocenters. The topological polar surface area (TPSA) is 49.4 Å². The summed E-state index contributed by atoms with van der Waals surface area (Å²) in [5.41, 5.74) is 0.482. The van der Waals surface area contributed by atoms with Gasteiger partial charge in [-0.2, -0.15) is 0 Å². The zero-order valence-corrected chi connectivity index (χ0v) is 11.7. The zero-order chi connectivity index (χ0) is 14.9. The van der Waals surface area contributed by atoms with Crippen LogP contribution in [0.5, 0.6) is 0 Å². The monoisotopic (exact) mass is 280 g/mol. The van der Waals surface area contributed by atoms with E-state index in [1.807, 2.05) is 60.7 Å². The van der Waals surface area contributed by atoms with Crippen molar-refractivity contribution >= 4 is 17.5 Å². The summed E-state index contributed by atoms with van der Waals surface area (Å²) in [6, 6.07) is 18.6. The summed E-state index contributed by atoms with van der Waals surface area (Å²) < 4.78 is 0. The molecule has 0 radical (unpaired) electrons. The lowest BCUT2D eigenvalue weighted by molar-refractivity contribution is -0.135. The minimum atomic E-state index is -1.04. The number of carbonyl (C=O) groups is 2. The minimum absolute atomic E-state index is 0.0469. The van der Waals surface area contributed by atoms with Gasteiger partial charge in [0.15, 0.2) is 0 Å². The predicted molar refractivity (Wildman–Crippen MR) is 80.7 cm³/mol. The Labute approximate surface area is 123 Å². The van der Waals surface area contributed by atoms with Crippen LogP contribution in [0.2, 0.25) is 0 Å². The van der Waals surface area contributed by atoms with E-state index in [9.17, 15) is 9.59 Å². The quantitative estimate of drug-likeness (QED) is 0.915. The number of anilines is 1. The molecule has 2 aromatic rings. The van der Waals surface area contributed by atoms with Crippen LogP contribution in [0.25, 0.3) is 0 Å². The Hall–Kier alpha value is -2.62. The molecule has 21 heavy (non-hydrogen) atoms. The lowest BCUT2D eigenvalue weighted by Gasteiger charge is -2.40. The van der Waals surface area contributed by atoms with Crippen molar-refractivity contribution < 1.29 is 9.59 Å². The van der Waals surface area contributed by atoms with Crippen molar-refractivity contribution in [1.82, 2.24) is 5.32 Å². The lowest BCUT2D eigenvalue weighted by atomic mass is 9.88. The first-order chi connectivity index (χ1) is 10.1. The Morgan fingerprint density at radius 1 is 0.952 bits per heavy atom. The van der Waals surface area contributed by atoms with Crippen LogP contribution in [-0.4, -0.2) is 18.4 Å². The van der Waals surface area contributed by atoms with E-state index in [4.69, 9.17) is 0 Å². The number of nitrogens with one attached hydrogen (secondary N) is 1. The summed E-state index contributed by atoms with van der Waals surface area (Å²) in [4.78, 5) is 26.5. The minimum Gasteiger partial charge on any atom is -0.337 e. The Kier molecular flexibility index (Phi) is 3.22. The van der Waals surface area contributed by atoms with Crippen molar-refractivity contribution in [3.8, 4) is 0 Å². The second-order valence-electron chi connectivity index (χ2n) is 5.27. The maximum Gasteiger partial charge on any atom is 0.257 e. The normalized spacial score (nSPS) is 22.0. The standard InChI is InChI=1S/C17H16N2O2/c1-17(13-8-4-2-5-9-13)16(21)19(12-15(20)18-17)14-10-6-3-7-11-14/h2-11H,12H2,1H3,(H,18,20). The molecule has 0 aromatic heterocycles. The van der Waals surface area contributed by atoms with E-state index >= 15 is 0 Å². The molecule has 2 amide bonds. The van der Waals surface area contributed by atoms with Crippen LogP contribution >= 0.6 is 0 Å². The molecule has 1 N–H and O–H groups in total. The van der Waals surface area contributed by atoms with E-state index in [1.54, 1.807) is 6.92 Å². The van der Waals surface area contributed by atoms with Crippen LogP contribution in [0.4, 0.5) is 5.69 Å². The number of rotatable bonds is 2. The molecule has 1 aliphatic heterocycles. The summed E-state index contributed by atoms with van der Waals surface area (Å²) in [6.45, 7) is 1.79. The van der Waals surface area contributed by atoms with Gasteiger partial charge in [0.2, 0.25) is 5.91 Å². The summed E-state index contributed by atoms with van der Waals surface area (Å²) in [5.74, 6) is -0.288. The van der Waals surface area contributed by atoms with Crippen LogP contribution in [0.15, 0.2) is 60.7 Å². The molecule has 4 heteroatoms. The van der Waals surface area contributed by atoms with E-state index in [0.717, 1.165) is 11.3 Å². The van der Waals surface area contributed by atoms with Gasteiger partial charge in [0.05, 0.1) is 0 Å². The molecule has 0 saturated carbocycles. The predicted octanol–water partition coefficient (Wildman–Crippen LogP) is 2.06. The number of amides is 2. The van der Waals surface area contributed by atoms with Crippen molar-refractivity contribution in [3.63, 3.8) is 0 Å². The molecule has 1 heterocycles. The number of benzene rings is 2. The van der Waals surface area contributed by atoms with Gasteiger partial charge < -0.3 is 10.2 Å². The van der Waals surface area contributed by atoms with Crippen molar-refractivity contribution in [2.75, 3.05) is 11.4 Å². The zero-order valence-electron chi connectivity index (χ0n) is 11.7. The van der Waals surface area contributed by atoms with Gasteiger partial charge in [0.1, 0.15) is 12.1 Å². The molecule has 2 aromatic carbocycles. The fourth-order valence-corrected chi connectivity index (χ4v) is 2.64. The highest BCUT2D eigenvalue weighted by Crippen LogP contribution is 2.29. The second kappa shape index (κ2) is 5.05. The first-order valence-corrected chi connectivity index (χ1v) is 6.85. The number of piperazine rings is 1. The highest BCUT2D eigenvalue weighted by molar-refractivity contribution is 6.09. The van der Waals surface area contributed by atoms with Crippen molar-refractivity contribution in [1.29, 1.82) is 0 Å². The summed E-state index contributed by atoms with van der Waals surface area (Å²) in [7, 11) is 0. The van der Waals surface area contributed by atoms with E-state index in [-0.39, 0.29) is 18.4 Å². The maximum absolute atomic E-state index is 12.9. The number of para-hydroxylation sites is 1. The van der Waals surface area contributed by atoms with E-state index in [1.165, 1.54) is 4.90 Å². The smallest absolute Gasteiger partial charge is 0.257 e. The van der Waals surface area contributed by atoms with Crippen molar-refractivity contribution in [2.45, 2.75) is 12.5 Å². The van der Waals surface area contributed by atoms with Gasteiger partial charge in [-0.25, -0.2) is 0 Å². The summed E-state index contributed by atoms with van der Waals surface area (Å²) >= 11 is 0. The molecule has 1 fully saturated rings. The Morgan fingerprint density at radius 3 is 2.14 bits per heavy atom. The number of carbonyl (C=O) groups excluding carboxylic acids is 2. The first kappa shape index (κ1) is 13.4. The van der Waals surface area contributed by atoms with Crippen molar-refractivity contribution in [3.05, 3.63) is 66.2 Å².